The number of hydrogen-bond donors (Lipinski definition) is 2. The Balaban J connectivity index is 1.95. The van der Waals surface area contributed by atoms with Crippen molar-refractivity contribution >= 4 is 29.4 Å². The lowest BCUT2D eigenvalue weighted by atomic mass is 10.2. The molecule has 2 N–H and O–H groups in total. The molecule has 0 aromatic heterocycles. The van der Waals surface area contributed by atoms with Gasteiger partial charge >= 0.3 is 6.09 Å². The summed E-state index contributed by atoms with van der Waals surface area (Å²) in [5.74, 6) is -0.674. The van der Waals surface area contributed by atoms with Crippen LogP contribution in [0.4, 0.5) is 14.9 Å². The molecule has 0 saturated carbocycles. The lowest BCUT2D eigenvalue weighted by Gasteiger charge is -2.19. The fourth-order valence-electron chi connectivity index (χ4n) is 1.95. The van der Waals surface area contributed by atoms with Gasteiger partial charge in [0.1, 0.15) is 18.0 Å². The van der Waals surface area contributed by atoms with Crippen LogP contribution >= 0.6 is 11.8 Å². The van der Waals surface area contributed by atoms with Crippen molar-refractivity contribution in [3.8, 4) is 0 Å². The number of halogens is 1. The highest BCUT2D eigenvalue weighted by Gasteiger charge is 2.17. The number of carbonyl (C=O) groups excluding carboxylic acids is 2. The molecule has 26 heavy (non-hydrogen) atoms. The maximum atomic E-state index is 13.0. The molecule has 0 radical (unpaired) electrons. The zero-order chi connectivity index (χ0) is 19.2. The molecule has 0 saturated heterocycles. The molecule has 7 heteroatoms. The minimum atomic E-state index is -0.651. The van der Waals surface area contributed by atoms with Gasteiger partial charge in [-0.05, 0) is 57.2 Å². The molecule has 0 aliphatic heterocycles. The monoisotopic (exact) mass is 376 g/mol. The molecule has 0 fully saturated rings. The summed E-state index contributed by atoms with van der Waals surface area (Å²) in [4.78, 5) is 25.4. The first-order valence-corrected chi connectivity index (χ1v) is 8.84. The normalized spacial score (nSPS) is 10.9. The van der Waals surface area contributed by atoms with Gasteiger partial charge in [-0.1, -0.05) is 23.9 Å². The van der Waals surface area contributed by atoms with Gasteiger partial charge in [0.05, 0.1) is 5.69 Å². The first-order valence-electron chi connectivity index (χ1n) is 8.02. The van der Waals surface area contributed by atoms with E-state index in [1.807, 2.05) is 12.1 Å². The Labute approximate surface area is 156 Å². The number of alkyl carbamates (subject to hydrolysis) is 1. The molecular weight excluding hydrogens is 355 g/mol. The smallest absolute Gasteiger partial charge is 0.408 e. The third-order valence-corrected chi connectivity index (χ3v) is 4.08. The number of ether oxygens (including phenoxy) is 1. The van der Waals surface area contributed by atoms with Gasteiger partial charge in [0.25, 0.3) is 0 Å². The molecule has 0 spiro atoms. The molecule has 5 nitrogen and oxygen atoms in total. The molecule has 138 valence electrons. The minimum absolute atomic E-state index is 0.204. The van der Waals surface area contributed by atoms with Crippen LogP contribution in [0.3, 0.4) is 0 Å². The fraction of sp³-hybridized carbons (Fsp3) is 0.263. The van der Waals surface area contributed by atoms with Crippen LogP contribution in [0.2, 0.25) is 0 Å². The first kappa shape index (κ1) is 19.8. The second kappa shape index (κ2) is 8.71. The van der Waals surface area contributed by atoms with Crippen LogP contribution in [0.15, 0.2) is 58.3 Å². The number of hydrogen-bond acceptors (Lipinski definition) is 4. The molecule has 0 aliphatic carbocycles. The molecular formula is C19H21FN2O3S. The molecule has 0 atom stereocenters. The highest BCUT2D eigenvalue weighted by molar-refractivity contribution is 7.99. The van der Waals surface area contributed by atoms with Gasteiger partial charge in [-0.2, -0.15) is 0 Å². The number of nitrogens with one attached hydrogen (secondary N) is 2. The van der Waals surface area contributed by atoms with E-state index in [9.17, 15) is 14.0 Å². The summed E-state index contributed by atoms with van der Waals surface area (Å²) < 4.78 is 18.1. The molecule has 0 unspecified atom stereocenters. The van der Waals surface area contributed by atoms with Crippen LogP contribution in [0.5, 0.6) is 0 Å². The first-order chi connectivity index (χ1) is 12.2. The molecule has 2 rings (SSSR count). The highest BCUT2D eigenvalue weighted by Crippen LogP contribution is 2.33. The molecule has 0 heterocycles. The quantitative estimate of drug-likeness (QED) is 0.810. The van der Waals surface area contributed by atoms with E-state index in [2.05, 4.69) is 10.6 Å². The SMILES string of the molecule is CC(C)(C)OC(=O)NCC(=O)Nc1ccccc1Sc1ccc(F)cc1. The molecule has 2 aromatic carbocycles. The lowest BCUT2D eigenvalue weighted by Crippen LogP contribution is -2.37. The molecule has 0 aliphatic rings. The van der Waals surface area contributed by atoms with Crippen molar-refractivity contribution in [3.05, 3.63) is 54.3 Å². The van der Waals surface area contributed by atoms with Crippen LogP contribution < -0.4 is 10.6 Å². The van der Waals surface area contributed by atoms with E-state index in [0.717, 1.165) is 9.79 Å². The van der Waals surface area contributed by atoms with Crippen LogP contribution in [-0.2, 0) is 9.53 Å². The van der Waals surface area contributed by atoms with Gasteiger partial charge in [-0.15, -0.1) is 0 Å². The average Bonchev–Trinajstić information content (AvgIpc) is 2.55. The Kier molecular flexibility index (Phi) is 6.63. The number of para-hydroxylation sites is 1. The van der Waals surface area contributed by atoms with Gasteiger partial charge < -0.3 is 15.4 Å². The predicted octanol–water partition coefficient (Wildman–Crippen LogP) is 4.44. The Morgan fingerprint density at radius 1 is 1.08 bits per heavy atom. The third-order valence-electron chi connectivity index (χ3n) is 2.99. The van der Waals surface area contributed by atoms with Gasteiger partial charge in [-0.3, -0.25) is 4.79 Å². The summed E-state index contributed by atoms with van der Waals surface area (Å²) in [6.45, 7) is 5.03. The van der Waals surface area contributed by atoms with Crippen molar-refractivity contribution in [2.75, 3.05) is 11.9 Å². The largest absolute Gasteiger partial charge is 0.444 e. The second-order valence-corrected chi connectivity index (χ2v) is 7.57. The lowest BCUT2D eigenvalue weighted by molar-refractivity contribution is -0.115. The number of anilines is 1. The van der Waals surface area contributed by atoms with Crippen LogP contribution in [0.25, 0.3) is 0 Å². The van der Waals surface area contributed by atoms with Gasteiger partial charge in [0.2, 0.25) is 5.91 Å². The van der Waals surface area contributed by atoms with Crippen LogP contribution in [0.1, 0.15) is 20.8 Å². The van der Waals surface area contributed by atoms with Crippen molar-refractivity contribution < 1.29 is 18.7 Å². The van der Waals surface area contributed by atoms with Gasteiger partial charge in [0, 0.05) is 9.79 Å². The van der Waals surface area contributed by atoms with E-state index in [1.54, 1.807) is 45.0 Å². The van der Waals surface area contributed by atoms with E-state index < -0.39 is 11.7 Å². The summed E-state index contributed by atoms with van der Waals surface area (Å²) in [6.07, 6.45) is -0.651. The van der Waals surface area contributed by atoms with E-state index >= 15 is 0 Å². The topological polar surface area (TPSA) is 67.4 Å². The zero-order valence-electron chi connectivity index (χ0n) is 14.8. The summed E-state index contributed by atoms with van der Waals surface area (Å²) in [6, 6.07) is 13.4. The molecule has 2 amide bonds. The summed E-state index contributed by atoms with van der Waals surface area (Å²) in [5.41, 5.74) is -0.0169. The Morgan fingerprint density at radius 2 is 1.73 bits per heavy atom. The number of rotatable bonds is 5. The summed E-state index contributed by atoms with van der Waals surface area (Å²) in [5, 5.41) is 5.17. The Bertz CT molecular complexity index is 773. The molecule has 2 aromatic rings. The Hall–Kier alpha value is -2.54. The third kappa shape index (κ3) is 6.76. The van der Waals surface area contributed by atoms with Crippen molar-refractivity contribution in [3.63, 3.8) is 0 Å². The number of amides is 2. The predicted molar refractivity (Wildman–Crippen MR) is 99.8 cm³/mol. The van der Waals surface area contributed by atoms with Gasteiger partial charge in [-0.25, -0.2) is 9.18 Å². The van der Waals surface area contributed by atoms with Crippen molar-refractivity contribution in [2.24, 2.45) is 0 Å². The second-order valence-electron chi connectivity index (χ2n) is 6.46. The number of carbonyl (C=O) groups is 2. The fourth-order valence-corrected chi connectivity index (χ4v) is 2.85. The maximum absolute atomic E-state index is 13.0. The van der Waals surface area contributed by atoms with Gasteiger partial charge in [0.15, 0.2) is 0 Å². The molecule has 0 bridgehead atoms. The summed E-state index contributed by atoms with van der Waals surface area (Å²) >= 11 is 1.40. The van der Waals surface area contributed by atoms with E-state index in [4.69, 9.17) is 4.74 Å². The number of benzene rings is 2. The summed E-state index contributed by atoms with van der Waals surface area (Å²) in [7, 11) is 0. The van der Waals surface area contributed by atoms with Crippen molar-refractivity contribution in [1.82, 2.24) is 5.32 Å². The zero-order valence-corrected chi connectivity index (χ0v) is 15.7. The average molecular weight is 376 g/mol. The van der Waals surface area contributed by atoms with Crippen LogP contribution in [0, 0.1) is 5.82 Å². The Morgan fingerprint density at radius 3 is 2.38 bits per heavy atom. The maximum Gasteiger partial charge on any atom is 0.408 e. The van der Waals surface area contributed by atoms with Crippen molar-refractivity contribution in [2.45, 2.75) is 36.2 Å². The van der Waals surface area contributed by atoms with E-state index in [1.165, 1.54) is 23.9 Å². The van der Waals surface area contributed by atoms with Crippen molar-refractivity contribution in [1.29, 1.82) is 0 Å². The standard InChI is InChI=1S/C19H21FN2O3S/c1-19(2,3)25-18(24)21-12-17(23)22-15-6-4-5-7-16(15)26-14-10-8-13(20)9-11-14/h4-11H,12H2,1-3H3,(H,21,24)(H,22,23). The van der Waals surface area contributed by atoms with E-state index in [-0.39, 0.29) is 18.3 Å². The van der Waals surface area contributed by atoms with E-state index in [0.29, 0.717) is 5.69 Å². The minimum Gasteiger partial charge on any atom is -0.444 e. The highest BCUT2D eigenvalue weighted by atomic mass is 32.2. The van der Waals surface area contributed by atoms with Crippen LogP contribution in [-0.4, -0.2) is 24.1 Å².